The second-order valence-corrected chi connectivity index (χ2v) is 15.8. The molecule has 0 saturated heterocycles. The second-order valence-electron chi connectivity index (χ2n) is 13.6. The van der Waals surface area contributed by atoms with Crippen molar-refractivity contribution in [2.45, 2.75) is 13.8 Å². The molecule has 9 heteroatoms. The van der Waals surface area contributed by atoms with Gasteiger partial charge in [-0.1, -0.05) is 60.7 Å². The summed E-state index contributed by atoms with van der Waals surface area (Å²) in [5.41, 5.74) is 13.7. The molecule has 0 spiro atoms. The molecule has 0 atom stereocenters. The number of aryl methyl sites for hydroxylation is 1. The lowest BCUT2D eigenvalue weighted by Crippen LogP contribution is -2.59. The van der Waals surface area contributed by atoms with Gasteiger partial charge in [-0.3, -0.25) is 0 Å². The third-order valence-corrected chi connectivity index (χ3v) is 13.3. The van der Waals surface area contributed by atoms with Gasteiger partial charge in [0.1, 0.15) is 11.5 Å². The van der Waals surface area contributed by atoms with Crippen molar-refractivity contribution in [2.75, 3.05) is 9.80 Å². The molecule has 0 aliphatic carbocycles. The summed E-state index contributed by atoms with van der Waals surface area (Å²) >= 11 is 3.66. The summed E-state index contributed by atoms with van der Waals surface area (Å²) in [5.74, 6) is 3.02. The molecule has 7 heterocycles. The van der Waals surface area contributed by atoms with E-state index < -0.39 is 0 Å². The van der Waals surface area contributed by atoms with Crippen LogP contribution in [0.15, 0.2) is 125 Å². The fourth-order valence-electron chi connectivity index (χ4n) is 8.89. The number of para-hydroxylation sites is 2. The Labute approximate surface area is 303 Å². The first kappa shape index (κ1) is 28.1. The molecule has 4 aliphatic rings. The van der Waals surface area contributed by atoms with Gasteiger partial charge in [-0.25, -0.2) is 0 Å². The fraction of sp³-hybridized carbons (Fsp3) is 0.0476. The number of nitrogens with zero attached hydrogens (tertiary/aromatic N) is 2. The van der Waals surface area contributed by atoms with Gasteiger partial charge < -0.3 is 23.7 Å². The number of benzene rings is 5. The molecule has 4 aliphatic heterocycles. The van der Waals surface area contributed by atoms with Gasteiger partial charge in [0.15, 0.2) is 11.3 Å². The van der Waals surface area contributed by atoms with Crippen LogP contribution in [0.1, 0.15) is 10.4 Å². The lowest BCUT2D eigenvalue weighted by molar-refractivity contribution is 0.360. The van der Waals surface area contributed by atoms with Crippen molar-refractivity contribution >= 4 is 113 Å². The summed E-state index contributed by atoms with van der Waals surface area (Å²) in [4.78, 5) is 6.09. The Morgan fingerprint density at radius 1 is 0.588 bits per heavy atom. The van der Waals surface area contributed by atoms with Crippen LogP contribution in [0.3, 0.4) is 0 Å². The first-order valence-electron chi connectivity index (χ1n) is 17.2. The number of furan rings is 1. The van der Waals surface area contributed by atoms with Crippen molar-refractivity contribution < 1.29 is 13.9 Å². The minimum Gasteiger partial charge on any atom is -0.454 e. The molecule has 0 N–H and O–H groups in total. The minimum absolute atomic E-state index is 0.0219. The first-order valence-corrected chi connectivity index (χ1v) is 18.9. The van der Waals surface area contributed by atoms with Crippen LogP contribution in [0.25, 0.3) is 11.0 Å². The minimum atomic E-state index is -0.0420. The number of fused-ring (bicyclic) bond motifs is 11. The zero-order valence-corrected chi connectivity index (χ0v) is 29.3. The van der Waals surface area contributed by atoms with Crippen LogP contribution in [0.5, 0.6) is 23.2 Å². The molecule has 0 bridgehead atoms. The number of hydrogen-bond donors (Lipinski definition) is 0. The van der Waals surface area contributed by atoms with Gasteiger partial charge in [0.25, 0.3) is 19.4 Å². The van der Waals surface area contributed by atoms with E-state index in [1.165, 1.54) is 42.3 Å². The molecule has 0 radical (unpaired) electrons. The number of thiophene rings is 2. The van der Waals surface area contributed by atoms with Gasteiger partial charge in [0.2, 0.25) is 0 Å². The van der Waals surface area contributed by atoms with Gasteiger partial charge in [-0.15, -0.1) is 11.3 Å². The number of hydrogen-bond acceptors (Lipinski definition) is 7. The molecule has 0 fully saturated rings. The van der Waals surface area contributed by atoms with E-state index in [1.54, 1.807) is 11.3 Å². The lowest BCUT2D eigenvalue weighted by atomic mass is 9.34. The van der Waals surface area contributed by atoms with Crippen LogP contribution in [0, 0.1) is 13.8 Å². The highest BCUT2D eigenvalue weighted by atomic mass is 32.1. The molecule has 3 aromatic heterocycles. The summed E-state index contributed by atoms with van der Waals surface area (Å²) in [6, 6.07) is 40.8. The fourth-order valence-corrected chi connectivity index (χ4v) is 11.1. The molecule has 12 rings (SSSR count). The van der Waals surface area contributed by atoms with E-state index in [9.17, 15) is 0 Å². The normalized spacial score (nSPS) is 14.2. The van der Waals surface area contributed by atoms with Crippen LogP contribution in [-0.4, -0.2) is 13.4 Å². The molecule has 8 aromatic rings. The van der Waals surface area contributed by atoms with E-state index >= 15 is 0 Å². The molecule has 5 nitrogen and oxygen atoms in total. The topological polar surface area (TPSA) is 38.1 Å². The molecule has 5 aromatic carbocycles. The van der Waals surface area contributed by atoms with Gasteiger partial charge in [-0.05, 0) is 101 Å². The van der Waals surface area contributed by atoms with Crippen molar-refractivity contribution in [3.63, 3.8) is 0 Å². The van der Waals surface area contributed by atoms with Crippen LogP contribution in [-0.2, 0) is 0 Å². The summed E-state index contributed by atoms with van der Waals surface area (Å²) in [6.07, 6.45) is 0. The van der Waals surface area contributed by atoms with E-state index in [1.807, 2.05) is 11.3 Å². The van der Waals surface area contributed by atoms with Crippen LogP contribution in [0.4, 0.5) is 33.4 Å². The zero-order chi connectivity index (χ0) is 33.5. The second kappa shape index (κ2) is 10.00. The van der Waals surface area contributed by atoms with Gasteiger partial charge in [0, 0.05) is 43.3 Å². The SMILES string of the molecule is Cc1sc2c(c1C)B1c3c(cccc3N2c2ccccc2)Oc2oc3c4c(ccc3c21)B1c2sccc2N(c2ccccc2)c2cccc(c21)O4. The number of rotatable bonds is 2. The molecule has 0 saturated carbocycles. The maximum Gasteiger partial charge on any atom is 0.286 e. The van der Waals surface area contributed by atoms with Crippen LogP contribution in [0.2, 0.25) is 0 Å². The maximum absolute atomic E-state index is 6.97. The van der Waals surface area contributed by atoms with Crippen LogP contribution < -0.4 is 51.4 Å². The summed E-state index contributed by atoms with van der Waals surface area (Å²) < 4.78 is 21.9. The highest BCUT2D eigenvalue weighted by Gasteiger charge is 2.48. The molecular formula is C42H26B2N2O3S2. The third-order valence-electron chi connectivity index (χ3n) is 11.1. The van der Waals surface area contributed by atoms with Crippen molar-refractivity contribution in [2.24, 2.45) is 0 Å². The standard InChI is InChI=1S/C42H26B2N2O3S2/c1-23-24(2)51-41-34(23)44-35-27-19-20-28-39(38(27)49-42(35)48-33-18-10-16-30(37(33)44)46(41)26-13-7-4-8-14-26)47-32-17-9-15-29-36(32)43(28)40-31(21-22-50-40)45(29)25-11-5-3-6-12-25/h3-22H,1-2H3. The monoisotopic (exact) mass is 692 g/mol. The van der Waals surface area contributed by atoms with Crippen molar-refractivity contribution in [1.29, 1.82) is 0 Å². The smallest absolute Gasteiger partial charge is 0.286 e. The lowest BCUT2D eigenvalue weighted by Gasteiger charge is -2.38. The predicted molar refractivity (Wildman–Crippen MR) is 213 cm³/mol. The van der Waals surface area contributed by atoms with Gasteiger partial charge in [-0.2, -0.15) is 11.3 Å². The average Bonchev–Trinajstić information content (AvgIpc) is 3.88. The van der Waals surface area contributed by atoms with Gasteiger partial charge in [0.05, 0.1) is 10.7 Å². The van der Waals surface area contributed by atoms with Crippen molar-refractivity contribution in [1.82, 2.24) is 0 Å². The van der Waals surface area contributed by atoms with E-state index in [0.717, 1.165) is 61.9 Å². The zero-order valence-electron chi connectivity index (χ0n) is 27.6. The quantitative estimate of drug-likeness (QED) is 0.172. The Hall–Kier alpha value is -5.63. The Bertz CT molecular complexity index is 2770. The van der Waals surface area contributed by atoms with Gasteiger partial charge >= 0.3 is 0 Å². The summed E-state index contributed by atoms with van der Waals surface area (Å²) in [6.45, 7) is 4.48. The summed E-state index contributed by atoms with van der Waals surface area (Å²) in [5, 5.41) is 4.49. The van der Waals surface area contributed by atoms with E-state index in [2.05, 4.69) is 144 Å². The van der Waals surface area contributed by atoms with E-state index in [0.29, 0.717) is 5.95 Å². The van der Waals surface area contributed by atoms with Crippen molar-refractivity contribution in [3.05, 3.63) is 131 Å². The maximum atomic E-state index is 6.97. The molecule has 51 heavy (non-hydrogen) atoms. The number of ether oxygens (including phenoxy) is 2. The van der Waals surface area contributed by atoms with E-state index in [4.69, 9.17) is 13.9 Å². The Kier molecular flexibility index (Phi) is 5.51. The molecule has 0 unspecified atom stereocenters. The summed E-state index contributed by atoms with van der Waals surface area (Å²) in [7, 11) is 0. The highest BCUT2D eigenvalue weighted by molar-refractivity contribution is 7.27. The first-order chi connectivity index (χ1) is 25.2. The largest absolute Gasteiger partial charge is 0.454 e. The third kappa shape index (κ3) is 3.57. The molecule has 0 amide bonds. The van der Waals surface area contributed by atoms with Crippen molar-refractivity contribution in [3.8, 4) is 23.2 Å². The Morgan fingerprint density at radius 3 is 2.04 bits per heavy atom. The number of anilines is 6. The average molecular weight is 692 g/mol. The Balaban J connectivity index is 1.08. The predicted octanol–water partition coefficient (Wildman–Crippen LogP) is 7.98. The molecular weight excluding hydrogens is 666 g/mol. The van der Waals surface area contributed by atoms with E-state index in [-0.39, 0.29) is 13.4 Å². The van der Waals surface area contributed by atoms with Crippen LogP contribution >= 0.6 is 22.7 Å². The Morgan fingerprint density at radius 2 is 1.27 bits per heavy atom. The molecule has 240 valence electrons. The highest BCUT2D eigenvalue weighted by Crippen LogP contribution is 2.47.